The number of thioether (sulfide) groups is 1. The van der Waals surface area contributed by atoms with Gasteiger partial charge in [0.25, 0.3) is 11.1 Å². The van der Waals surface area contributed by atoms with Crippen LogP contribution < -0.4 is 0 Å². The number of aromatic nitrogens is 4. The van der Waals surface area contributed by atoms with Crippen molar-refractivity contribution in [3.05, 3.63) is 52.7 Å². The molecule has 0 N–H and O–H groups in total. The molecular weight excluding hydrogens is 368 g/mol. The number of nitrogens with zero attached hydrogens (tertiary/aromatic N) is 4. The van der Waals surface area contributed by atoms with Gasteiger partial charge in [-0.15, -0.1) is 21.5 Å². The van der Waals surface area contributed by atoms with E-state index in [9.17, 15) is 0 Å². The Kier molecular flexibility index (Phi) is 4.33. The zero-order valence-corrected chi connectivity index (χ0v) is 14.4. The van der Waals surface area contributed by atoms with Crippen molar-refractivity contribution in [2.45, 2.75) is 11.0 Å². The average molecular weight is 377 g/mol. The molecule has 0 spiro atoms. The summed E-state index contributed by atoms with van der Waals surface area (Å²) in [5.74, 6) is 1.97. The van der Waals surface area contributed by atoms with E-state index in [0.717, 1.165) is 10.4 Å². The van der Waals surface area contributed by atoms with Crippen LogP contribution in [0.25, 0.3) is 22.2 Å². The molecule has 24 heavy (non-hydrogen) atoms. The molecule has 0 saturated carbocycles. The number of hydrogen-bond acceptors (Lipinski definition) is 8. The molecule has 9 heteroatoms. The molecular formula is C15H9ClN4O2S2. The Morgan fingerprint density at radius 1 is 1.12 bits per heavy atom. The van der Waals surface area contributed by atoms with Gasteiger partial charge in [0.2, 0.25) is 11.7 Å². The summed E-state index contributed by atoms with van der Waals surface area (Å²) in [6.45, 7) is 0. The molecule has 0 amide bonds. The molecule has 0 aliphatic carbocycles. The van der Waals surface area contributed by atoms with Crippen LogP contribution in [0.15, 0.2) is 55.9 Å². The van der Waals surface area contributed by atoms with Gasteiger partial charge in [-0.3, -0.25) is 0 Å². The van der Waals surface area contributed by atoms with E-state index < -0.39 is 0 Å². The summed E-state index contributed by atoms with van der Waals surface area (Å²) < 4.78 is 10.8. The Bertz CT molecular complexity index is 935. The van der Waals surface area contributed by atoms with E-state index in [-0.39, 0.29) is 0 Å². The van der Waals surface area contributed by atoms with Gasteiger partial charge in [-0.05, 0) is 35.7 Å². The third-order valence-electron chi connectivity index (χ3n) is 3.03. The number of halogens is 1. The lowest BCUT2D eigenvalue weighted by molar-refractivity contribution is 0.391. The van der Waals surface area contributed by atoms with Crippen molar-refractivity contribution in [1.29, 1.82) is 0 Å². The van der Waals surface area contributed by atoms with Crippen LogP contribution >= 0.6 is 34.7 Å². The first-order chi connectivity index (χ1) is 11.8. The summed E-state index contributed by atoms with van der Waals surface area (Å²) in [5.41, 5.74) is 0.845. The van der Waals surface area contributed by atoms with Crippen LogP contribution in [0, 0.1) is 0 Å². The fourth-order valence-corrected chi connectivity index (χ4v) is 3.29. The Hall–Kier alpha value is -2.16. The lowest BCUT2D eigenvalue weighted by Crippen LogP contribution is -1.83. The Labute approximate surface area is 149 Å². The van der Waals surface area contributed by atoms with E-state index in [1.54, 1.807) is 23.5 Å². The van der Waals surface area contributed by atoms with E-state index in [1.807, 2.05) is 29.6 Å². The smallest absolute Gasteiger partial charge is 0.277 e. The van der Waals surface area contributed by atoms with Crippen molar-refractivity contribution in [2.24, 2.45) is 0 Å². The highest BCUT2D eigenvalue weighted by molar-refractivity contribution is 7.98. The molecule has 6 nitrogen and oxygen atoms in total. The van der Waals surface area contributed by atoms with E-state index in [2.05, 4.69) is 20.3 Å². The van der Waals surface area contributed by atoms with Crippen molar-refractivity contribution < 1.29 is 8.94 Å². The zero-order valence-electron chi connectivity index (χ0n) is 12.0. The van der Waals surface area contributed by atoms with Crippen molar-refractivity contribution in [2.75, 3.05) is 0 Å². The number of hydrogen-bond donors (Lipinski definition) is 0. The standard InChI is InChI=1S/C15H9ClN4O2S2/c16-10-5-3-9(4-6-10)13-17-12(22-20-13)8-24-15-19-18-14(21-15)11-2-1-7-23-11/h1-7H,8H2. The maximum absolute atomic E-state index is 5.87. The van der Waals surface area contributed by atoms with Gasteiger partial charge in [0.05, 0.1) is 10.6 Å². The highest BCUT2D eigenvalue weighted by Gasteiger charge is 2.13. The highest BCUT2D eigenvalue weighted by Crippen LogP contribution is 2.28. The largest absolute Gasteiger partial charge is 0.410 e. The second-order valence-electron chi connectivity index (χ2n) is 4.66. The maximum atomic E-state index is 5.87. The van der Waals surface area contributed by atoms with Crippen LogP contribution in [0.5, 0.6) is 0 Å². The predicted octanol–water partition coefficient (Wildman–Crippen LogP) is 4.79. The quantitative estimate of drug-likeness (QED) is 0.463. The summed E-state index contributed by atoms with van der Waals surface area (Å²) in [6, 6.07) is 11.1. The van der Waals surface area contributed by atoms with Gasteiger partial charge >= 0.3 is 0 Å². The molecule has 3 heterocycles. The molecule has 4 aromatic rings. The maximum Gasteiger partial charge on any atom is 0.277 e. The summed E-state index contributed by atoms with van der Waals surface area (Å²) in [6.07, 6.45) is 0. The third kappa shape index (κ3) is 3.35. The fraction of sp³-hybridized carbons (Fsp3) is 0.0667. The molecule has 0 bridgehead atoms. The number of thiophene rings is 1. The van der Waals surface area contributed by atoms with Crippen molar-refractivity contribution in [3.63, 3.8) is 0 Å². The van der Waals surface area contributed by atoms with Crippen LogP contribution in [-0.2, 0) is 5.75 Å². The van der Waals surface area contributed by atoms with Crippen LogP contribution in [0.3, 0.4) is 0 Å². The van der Waals surface area contributed by atoms with Crippen LogP contribution in [0.2, 0.25) is 5.02 Å². The number of rotatable bonds is 5. The van der Waals surface area contributed by atoms with Crippen molar-refractivity contribution >= 4 is 34.7 Å². The van der Waals surface area contributed by atoms with E-state index in [4.69, 9.17) is 20.5 Å². The fourth-order valence-electron chi connectivity index (χ4n) is 1.92. The van der Waals surface area contributed by atoms with E-state index in [1.165, 1.54) is 11.8 Å². The molecule has 0 radical (unpaired) electrons. The molecule has 0 unspecified atom stereocenters. The van der Waals surface area contributed by atoms with Crippen molar-refractivity contribution in [3.8, 4) is 22.2 Å². The minimum Gasteiger partial charge on any atom is -0.410 e. The van der Waals surface area contributed by atoms with Gasteiger partial charge < -0.3 is 8.94 Å². The van der Waals surface area contributed by atoms with Gasteiger partial charge in [0, 0.05) is 10.6 Å². The molecule has 120 valence electrons. The highest BCUT2D eigenvalue weighted by atomic mass is 35.5. The summed E-state index contributed by atoms with van der Waals surface area (Å²) >= 11 is 8.77. The Balaban J connectivity index is 1.42. The van der Waals surface area contributed by atoms with Crippen molar-refractivity contribution in [1.82, 2.24) is 20.3 Å². The van der Waals surface area contributed by atoms with Gasteiger partial charge in [-0.25, -0.2) is 0 Å². The molecule has 3 aromatic heterocycles. The number of benzene rings is 1. The summed E-state index contributed by atoms with van der Waals surface area (Å²) in [5, 5.41) is 15.1. The minimum atomic E-state index is 0.451. The summed E-state index contributed by atoms with van der Waals surface area (Å²) in [7, 11) is 0. The minimum absolute atomic E-state index is 0.451. The molecule has 1 aromatic carbocycles. The van der Waals surface area contributed by atoms with Crippen LogP contribution in [-0.4, -0.2) is 20.3 Å². The first-order valence-corrected chi connectivity index (χ1v) is 9.11. The third-order valence-corrected chi connectivity index (χ3v) is 4.94. The lowest BCUT2D eigenvalue weighted by atomic mass is 10.2. The first kappa shape index (κ1) is 15.4. The Morgan fingerprint density at radius 3 is 2.79 bits per heavy atom. The molecule has 0 saturated heterocycles. The second-order valence-corrected chi connectivity index (χ2v) is 6.97. The second kappa shape index (κ2) is 6.76. The topological polar surface area (TPSA) is 77.8 Å². The first-order valence-electron chi connectivity index (χ1n) is 6.86. The molecule has 0 fully saturated rings. The van der Waals surface area contributed by atoms with Crippen LogP contribution in [0.4, 0.5) is 0 Å². The molecule has 0 aliphatic heterocycles. The molecule has 4 rings (SSSR count). The Morgan fingerprint density at radius 2 is 2.00 bits per heavy atom. The average Bonchev–Trinajstić information content (AvgIpc) is 3.34. The predicted molar refractivity (Wildman–Crippen MR) is 91.9 cm³/mol. The normalized spacial score (nSPS) is 11.0. The molecule has 0 aliphatic rings. The molecule has 0 atom stereocenters. The van der Waals surface area contributed by atoms with Gasteiger partial charge in [-0.1, -0.05) is 34.6 Å². The van der Waals surface area contributed by atoms with Gasteiger partial charge in [0.15, 0.2) is 0 Å². The monoisotopic (exact) mass is 376 g/mol. The summed E-state index contributed by atoms with van der Waals surface area (Å²) in [4.78, 5) is 5.29. The van der Waals surface area contributed by atoms with Crippen LogP contribution in [0.1, 0.15) is 5.89 Å². The SMILES string of the molecule is Clc1ccc(-c2noc(CSc3nnc(-c4cccs4)o3)n2)cc1. The van der Waals surface area contributed by atoms with E-state index in [0.29, 0.717) is 33.6 Å². The van der Waals surface area contributed by atoms with E-state index >= 15 is 0 Å². The lowest BCUT2D eigenvalue weighted by Gasteiger charge is -1.93. The van der Waals surface area contributed by atoms with Gasteiger partial charge in [0.1, 0.15) is 0 Å². The zero-order chi connectivity index (χ0) is 16.4. The van der Waals surface area contributed by atoms with Gasteiger partial charge in [-0.2, -0.15) is 4.98 Å².